The van der Waals surface area contributed by atoms with Gasteiger partial charge in [-0.2, -0.15) is 0 Å². The van der Waals surface area contributed by atoms with Crippen molar-refractivity contribution >= 4 is 46.5 Å². The van der Waals surface area contributed by atoms with Crippen LogP contribution in [0.15, 0.2) is 70.6 Å². The third-order valence-electron chi connectivity index (χ3n) is 7.15. The second kappa shape index (κ2) is 20.8. The Balaban J connectivity index is 0.00000120. The molecule has 263 valence electrons. The Morgan fingerprint density at radius 3 is 1.35 bits per heavy atom. The number of carboxylic acid groups (broad SMARTS) is 2. The molecule has 0 saturated carbocycles. The van der Waals surface area contributed by atoms with E-state index in [-0.39, 0.29) is 16.8 Å². The number of aryl methyl sites for hydroxylation is 2. The van der Waals surface area contributed by atoms with E-state index in [2.05, 4.69) is 65.8 Å². The topological polar surface area (TPSA) is 145 Å². The molecule has 4 aromatic carbocycles. The van der Waals surface area contributed by atoms with Crippen LogP contribution in [0.5, 0.6) is 11.5 Å². The molecule has 0 saturated heterocycles. The van der Waals surface area contributed by atoms with Gasteiger partial charge in [0.05, 0.1) is 11.4 Å². The van der Waals surface area contributed by atoms with Crippen LogP contribution in [-0.2, 0) is 52.1 Å². The summed E-state index contributed by atoms with van der Waals surface area (Å²) in [5, 5.41) is 41.6. The van der Waals surface area contributed by atoms with Gasteiger partial charge in [0.1, 0.15) is 11.5 Å². The van der Waals surface area contributed by atoms with E-state index in [0.29, 0.717) is 23.3 Å². The Morgan fingerprint density at radius 1 is 0.694 bits per heavy atom. The first-order chi connectivity index (χ1) is 22.7. The van der Waals surface area contributed by atoms with Gasteiger partial charge in [0.2, 0.25) is 0 Å². The number of fused-ring (bicyclic) bond motifs is 1. The second-order valence-corrected chi connectivity index (χ2v) is 12.4. The molecule has 0 fully saturated rings. The summed E-state index contributed by atoms with van der Waals surface area (Å²) in [7, 11) is 0. The molecule has 4 rings (SSSR count). The summed E-state index contributed by atoms with van der Waals surface area (Å²) >= 11 is 0. The van der Waals surface area contributed by atoms with Crippen LogP contribution >= 0.6 is 0 Å². The van der Waals surface area contributed by atoms with E-state index in [4.69, 9.17) is 29.8 Å². The van der Waals surface area contributed by atoms with Gasteiger partial charge in [-0.1, -0.05) is 77.9 Å². The van der Waals surface area contributed by atoms with Crippen LogP contribution in [0.3, 0.4) is 0 Å². The molecule has 0 aliphatic carbocycles. The number of carboxylic acids is 2. The van der Waals surface area contributed by atoms with Gasteiger partial charge in [0.15, 0.2) is 0 Å². The molecule has 4 aromatic rings. The van der Waals surface area contributed by atoms with Crippen molar-refractivity contribution in [3.8, 4) is 11.5 Å². The van der Waals surface area contributed by atoms with Crippen molar-refractivity contribution in [1.82, 2.24) is 0 Å². The molecule has 0 aliphatic rings. The van der Waals surface area contributed by atoms with E-state index >= 15 is 0 Å². The number of aliphatic imine (C=N–C) groups is 2. The first kappa shape index (κ1) is 42.5. The summed E-state index contributed by atoms with van der Waals surface area (Å²) in [6.45, 7) is 14.9. The molecule has 0 bridgehead atoms. The number of benzene rings is 4. The number of hydrogen-bond acceptors (Lipinski definition) is 8. The molecule has 0 amide bonds. The Bertz CT molecular complexity index is 1630. The first-order valence-corrected chi connectivity index (χ1v) is 16.3. The maximum Gasteiger partial charge on any atom is 2.00 e. The molecule has 0 spiro atoms. The minimum absolute atomic E-state index is 0. The Hall–Kier alpha value is -4.47. The van der Waals surface area contributed by atoms with Crippen LogP contribution in [0.25, 0.3) is 10.8 Å². The fraction of sp³-hybridized carbons (Fsp3) is 0.350. The summed E-state index contributed by atoms with van der Waals surface area (Å²) < 4.78 is 0. The van der Waals surface area contributed by atoms with Crippen LogP contribution in [0.2, 0.25) is 0 Å². The largest absolute Gasteiger partial charge is 2.00 e. The van der Waals surface area contributed by atoms with E-state index in [0.717, 1.165) is 83.9 Å². The summed E-state index contributed by atoms with van der Waals surface area (Å²) in [4.78, 5) is 27.5. The molecular formula is C40H48CoN2O6. The zero-order valence-corrected chi connectivity index (χ0v) is 30.7. The zero-order valence-electron chi connectivity index (χ0n) is 29.7. The number of phenols is 2. The van der Waals surface area contributed by atoms with Gasteiger partial charge in [-0.05, 0) is 103 Å². The smallest absolute Gasteiger partial charge is 0.550 e. The summed E-state index contributed by atoms with van der Waals surface area (Å²) in [5.41, 5.74) is 7.31. The predicted molar refractivity (Wildman–Crippen MR) is 192 cm³/mol. The molecule has 0 atom stereocenters. The number of aliphatic carboxylic acids is 2. The van der Waals surface area contributed by atoms with Gasteiger partial charge in [-0.15, -0.1) is 0 Å². The number of aromatic hydroxyl groups is 2. The minimum atomic E-state index is -1.08. The van der Waals surface area contributed by atoms with Crippen molar-refractivity contribution in [2.24, 2.45) is 21.8 Å². The van der Waals surface area contributed by atoms with E-state index in [1.54, 1.807) is 12.4 Å². The van der Waals surface area contributed by atoms with E-state index in [1.807, 2.05) is 36.4 Å². The molecule has 9 heteroatoms. The fourth-order valence-electron chi connectivity index (χ4n) is 5.28. The van der Waals surface area contributed by atoms with Crippen LogP contribution in [-0.4, -0.2) is 34.6 Å². The number of rotatable bonds is 10. The fourth-order valence-corrected chi connectivity index (χ4v) is 5.28. The number of carbonyl (C=O) groups is 2. The van der Waals surface area contributed by atoms with E-state index in [1.165, 1.54) is 11.1 Å². The standard InChI is InChI=1S/C36H42N2O2.2C2H4O2.Co/c1-7-27-17-25(15-23(3)4)19-30(35(27)39)21-37-32-13-9-11-29-12-10-14-33(34(29)32)38-22-31-20-26(16-24(5)6)18-28(8-2)36(31)40;2*1-2(3)4;/h9-14,17-24,39-40H,7-8,15-16H2,1-6H3;2*1H3,(H,3,4);/q;;;+2/p-2. The Kier molecular flexibility index (Phi) is 18.1. The van der Waals surface area contributed by atoms with E-state index in [9.17, 15) is 10.2 Å². The molecule has 0 aromatic heterocycles. The summed E-state index contributed by atoms with van der Waals surface area (Å²) in [6.07, 6.45) is 6.95. The van der Waals surface area contributed by atoms with Gasteiger partial charge >= 0.3 is 16.8 Å². The zero-order chi connectivity index (χ0) is 36.0. The molecule has 2 N–H and O–H groups in total. The Labute approximate surface area is 300 Å². The molecular weight excluding hydrogens is 663 g/mol. The van der Waals surface area contributed by atoms with Gasteiger partial charge in [0, 0.05) is 40.9 Å². The molecule has 1 radical (unpaired) electrons. The maximum absolute atomic E-state index is 10.9. The summed E-state index contributed by atoms with van der Waals surface area (Å²) in [6, 6.07) is 20.3. The van der Waals surface area contributed by atoms with Crippen molar-refractivity contribution in [2.75, 3.05) is 0 Å². The Morgan fingerprint density at radius 2 is 1.04 bits per heavy atom. The minimum Gasteiger partial charge on any atom is -0.550 e. The van der Waals surface area contributed by atoms with Crippen molar-refractivity contribution in [1.29, 1.82) is 0 Å². The third-order valence-corrected chi connectivity index (χ3v) is 7.15. The molecule has 0 unspecified atom stereocenters. The molecule has 49 heavy (non-hydrogen) atoms. The number of phenolic OH excluding ortho intramolecular Hbond substituents is 2. The number of nitrogens with zero attached hydrogens (tertiary/aromatic N) is 2. The SMILES string of the molecule is CC(=O)[O-].CC(=O)[O-].CCc1cc(CC(C)C)cc(C=Nc2cccc3cccc(N=Cc4cc(CC(C)C)cc(CC)c4O)c23)c1O.[Co+2]. The van der Waals surface area contributed by atoms with Crippen molar-refractivity contribution in [3.05, 3.63) is 94.0 Å². The van der Waals surface area contributed by atoms with Crippen LogP contribution in [0.1, 0.15) is 88.8 Å². The van der Waals surface area contributed by atoms with E-state index < -0.39 is 11.9 Å². The van der Waals surface area contributed by atoms with Gasteiger partial charge < -0.3 is 30.0 Å². The molecule has 0 heterocycles. The van der Waals surface area contributed by atoms with Crippen LogP contribution < -0.4 is 10.2 Å². The molecule has 0 aliphatic heterocycles. The van der Waals surface area contributed by atoms with Gasteiger partial charge in [0.25, 0.3) is 0 Å². The molecule has 8 nitrogen and oxygen atoms in total. The van der Waals surface area contributed by atoms with Gasteiger partial charge in [-0.3, -0.25) is 9.98 Å². The van der Waals surface area contributed by atoms with Crippen LogP contribution in [0, 0.1) is 11.8 Å². The third kappa shape index (κ3) is 13.9. The van der Waals surface area contributed by atoms with Gasteiger partial charge in [-0.25, -0.2) is 0 Å². The number of hydrogen-bond donors (Lipinski definition) is 2. The quantitative estimate of drug-likeness (QED) is 0.174. The summed E-state index contributed by atoms with van der Waals surface area (Å²) in [5.74, 6) is -0.533. The van der Waals surface area contributed by atoms with Crippen molar-refractivity contribution in [3.63, 3.8) is 0 Å². The average molecular weight is 712 g/mol. The van der Waals surface area contributed by atoms with Crippen molar-refractivity contribution in [2.45, 2.75) is 81.1 Å². The van der Waals surface area contributed by atoms with Crippen molar-refractivity contribution < 1.29 is 46.8 Å². The predicted octanol–water partition coefficient (Wildman–Crippen LogP) is 6.78. The first-order valence-electron chi connectivity index (χ1n) is 16.3. The normalized spacial score (nSPS) is 10.9. The second-order valence-electron chi connectivity index (χ2n) is 12.4. The monoisotopic (exact) mass is 711 g/mol. The average Bonchev–Trinajstić information content (AvgIpc) is 3.00. The maximum atomic E-state index is 10.9. The number of carbonyl (C=O) groups excluding carboxylic acids is 2. The van der Waals surface area contributed by atoms with Crippen LogP contribution in [0.4, 0.5) is 11.4 Å².